The van der Waals surface area contributed by atoms with Gasteiger partial charge in [0.05, 0.1) is 27.1 Å². The van der Waals surface area contributed by atoms with Crippen LogP contribution in [-0.4, -0.2) is 37.9 Å². The Balaban J connectivity index is 1.55. The van der Waals surface area contributed by atoms with Gasteiger partial charge in [0.1, 0.15) is 5.75 Å². The number of benzene rings is 2. The van der Waals surface area contributed by atoms with Gasteiger partial charge in [0, 0.05) is 25.1 Å². The first-order valence-electron chi connectivity index (χ1n) is 8.27. The number of sulfonamides is 1. The predicted octanol–water partition coefficient (Wildman–Crippen LogP) is 2.52. The number of methoxy groups -OCH3 is 1. The maximum absolute atomic E-state index is 12.2. The third kappa shape index (κ3) is 5.04. The van der Waals surface area contributed by atoms with E-state index >= 15 is 0 Å². The molecule has 3 rings (SSSR count). The molecule has 3 aromatic rings. The third-order valence-electron chi connectivity index (χ3n) is 3.84. The van der Waals surface area contributed by atoms with E-state index in [4.69, 9.17) is 4.74 Å². The molecule has 2 N–H and O–H groups in total. The number of nitrogens with one attached hydrogen (secondary N) is 2. The molecule has 0 saturated heterocycles. The van der Waals surface area contributed by atoms with Crippen molar-refractivity contribution in [2.75, 3.05) is 19.0 Å². The van der Waals surface area contributed by atoms with Crippen molar-refractivity contribution in [2.45, 2.75) is 11.3 Å². The standard InChI is InChI=1S/C17H16N4O6S2/c1-27-12-4-7-14-15(10-12)28-17(19-14)20-16(22)8-9-18-29(25,26)13-5-2-11(3-6-13)21(23)24/h2-7,10,18H,8-9H2,1H3,(H,19,20,22). The molecule has 0 aliphatic rings. The summed E-state index contributed by atoms with van der Waals surface area (Å²) >= 11 is 1.28. The highest BCUT2D eigenvalue weighted by molar-refractivity contribution is 7.89. The number of nitro benzene ring substituents is 1. The second-order valence-electron chi connectivity index (χ2n) is 5.80. The fraction of sp³-hybridized carbons (Fsp3) is 0.176. The lowest BCUT2D eigenvalue weighted by Crippen LogP contribution is -2.27. The summed E-state index contributed by atoms with van der Waals surface area (Å²) in [5.41, 5.74) is 0.502. The zero-order valence-electron chi connectivity index (χ0n) is 15.1. The van der Waals surface area contributed by atoms with E-state index in [0.717, 1.165) is 29.0 Å². The van der Waals surface area contributed by atoms with Crippen molar-refractivity contribution in [1.29, 1.82) is 0 Å². The second-order valence-corrected chi connectivity index (χ2v) is 8.60. The van der Waals surface area contributed by atoms with Crippen LogP contribution >= 0.6 is 11.3 Å². The van der Waals surface area contributed by atoms with E-state index in [-0.39, 0.29) is 23.5 Å². The van der Waals surface area contributed by atoms with Gasteiger partial charge in [-0.25, -0.2) is 18.1 Å². The van der Waals surface area contributed by atoms with E-state index in [1.807, 2.05) is 0 Å². The molecule has 12 heteroatoms. The van der Waals surface area contributed by atoms with Gasteiger partial charge in [-0.3, -0.25) is 14.9 Å². The van der Waals surface area contributed by atoms with E-state index in [0.29, 0.717) is 16.4 Å². The molecule has 10 nitrogen and oxygen atoms in total. The monoisotopic (exact) mass is 436 g/mol. The molecule has 0 radical (unpaired) electrons. The van der Waals surface area contributed by atoms with Crippen LogP contribution in [0.2, 0.25) is 0 Å². The summed E-state index contributed by atoms with van der Waals surface area (Å²) in [5.74, 6) is 0.280. The number of nitrogens with zero attached hydrogens (tertiary/aromatic N) is 2. The SMILES string of the molecule is COc1ccc2nc(NC(=O)CCNS(=O)(=O)c3ccc([N+](=O)[O-])cc3)sc2c1. The molecular formula is C17H16N4O6S2. The molecule has 0 unspecified atom stereocenters. The van der Waals surface area contributed by atoms with Crippen LogP contribution in [0.3, 0.4) is 0 Å². The average molecular weight is 436 g/mol. The summed E-state index contributed by atoms with van der Waals surface area (Å²) in [5, 5.41) is 13.7. The lowest BCUT2D eigenvalue weighted by atomic mass is 10.3. The number of amides is 1. The van der Waals surface area contributed by atoms with Gasteiger partial charge in [0.25, 0.3) is 5.69 Å². The molecule has 0 saturated carbocycles. The number of hydrogen-bond donors (Lipinski definition) is 2. The molecule has 0 aliphatic carbocycles. The van der Waals surface area contributed by atoms with E-state index in [9.17, 15) is 23.3 Å². The Morgan fingerprint density at radius 3 is 2.62 bits per heavy atom. The number of hydrogen-bond acceptors (Lipinski definition) is 8. The van der Waals surface area contributed by atoms with E-state index < -0.39 is 20.9 Å². The van der Waals surface area contributed by atoms with Crippen molar-refractivity contribution in [3.8, 4) is 5.75 Å². The highest BCUT2D eigenvalue weighted by Gasteiger charge is 2.16. The summed E-state index contributed by atoms with van der Waals surface area (Å²) in [7, 11) is -2.32. The molecule has 1 amide bonds. The van der Waals surface area contributed by atoms with E-state index in [2.05, 4.69) is 15.0 Å². The first-order chi connectivity index (χ1) is 13.8. The Kier molecular flexibility index (Phi) is 6.06. The van der Waals surface area contributed by atoms with Gasteiger partial charge in [0.2, 0.25) is 15.9 Å². The van der Waals surface area contributed by atoms with Crippen molar-refractivity contribution < 1.29 is 22.9 Å². The summed E-state index contributed by atoms with van der Waals surface area (Å²) < 4.78 is 32.7. The van der Waals surface area contributed by atoms with Crippen LogP contribution in [-0.2, 0) is 14.8 Å². The number of aromatic nitrogens is 1. The topological polar surface area (TPSA) is 141 Å². The smallest absolute Gasteiger partial charge is 0.269 e. The minimum Gasteiger partial charge on any atom is -0.497 e. The Morgan fingerprint density at radius 2 is 1.97 bits per heavy atom. The predicted molar refractivity (Wildman–Crippen MR) is 108 cm³/mol. The van der Waals surface area contributed by atoms with Crippen LogP contribution in [0.15, 0.2) is 47.4 Å². The maximum atomic E-state index is 12.2. The lowest BCUT2D eigenvalue weighted by Gasteiger charge is -2.06. The van der Waals surface area contributed by atoms with Crippen LogP contribution in [0.25, 0.3) is 10.2 Å². The number of non-ortho nitro benzene ring substituents is 1. The number of fused-ring (bicyclic) bond motifs is 1. The Hall–Kier alpha value is -3.09. The van der Waals surface area contributed by atoms with Crippen LogP contribution in [0, 0.1) is 10.1 Å². The molecule has 0 spiro atoms. The lowest BCUT2D eigenvalue weighted by molar-refractivity contribution is -0.384. The van der Waals surface area contributed by atoms with Crippen molar-refractivity contribution >= 4 is 48.3 Å². The van der Waals surface area contributed by atoms with Gasteiger partial charge in [-0.15, -0.1) is 0 Å². The maximum Gasteiger partial charge on any atom is 0.269 e. The molecule has 1 heterocycles. The largest absolute Gasteiger partial charge is 0.497 e. The fourth-order valence-corrected chi connectivity index (χ4v) is 4.34. The molecular weight excluding hydrogens is 420 g/mol. The molecule has 2 aromatic carbocycles. The van der Waals surface area contributed by atoms with Gasteiger partial charge < -0.3 is 10.1 Å². The minimum atomic E-state index is -3.88. The number of ether oxygens (including phenoxy) is 1. The number of anilines is 1. The van der Waals surface area contributed by atoms with Crippen LogP contribution < -0.4 is 14.8 Å². The van der Waals surface area contributed by atoms with Gasteiger partial charge in [-0.1, -0.05) is 11.3 Å². The fourth-order valence-electron chi connectivity index (χ4n) is 2.40. The van der Waals surface area contributed by atoms with Crippen molar-refractivity contribution in [2.24, 2.45) is 0 Å². The number of nitro groups is 1. The highest BCUT2D eigenvalue weighted by atomic mass is 32.2. The average Bonchev–Trinajstić information content (AvgIpc) is 3.08. The zero-order valence-corrected chi connectivity index (χ0v) is 16.7. The van der Waals surface area contributed by atoms with Crippen molar-refractivity contribution in [1.82, 2.24) is 9.71 Å². The summed E-state index contributed by atoms with van der Waals surface area (Å²) in [6.07, 6.45) is -0.106. The van der Waals surface area contributed by atoms with Gasteiger partial charge in [-0.05, 0) is 30.3 Å². The Bertz CT molecular complexity index is 1160. The van der Waals surface area contributed by atoms with E-state index in [1.54, 1.807) is 25.3 Å². The zero-order chi connectivity index (χ0) is 21.0. The normalized spacial score (nSPS) is 11.3. The number of carbonyl (C=O) groups is 1. The summed E-state index contributed by atoms with van der Waals surface area (Å²) in [6, 6.07) is 9.82. The van der Waals surface area contributed by atoms with E-state index in [1.165, 1.54) is 11.3 Å². The van der Waals surface area contributed by atoms with Crippen LogP contribution in [0.1, 0.15) is 6.42 Å². The van der Waals surface area contributed by atoms with Gasteiger partial charge >= 0.3 is 0 Å². The molecule has 0 aliphatic heterocycles. The Morgan fingerprint density at radius 1 is 1.24 bits per heavy atom. The van der Waals surface area contributed by atoms with Gasteiger partial charge in [0.15, 0.2) is 5.13 Å². The summed E-state index contributed by atoms with van der Waals surface area (Å²) in [6.45, 7) is -0.135. The Labute approximate surface area is 169 Å². The molecule has 0 bridgehead atoms. The second kappa shape index (κ2) is 8.51. The van der Waals surface area contributed by atoms with Gasteiger partial charge in [-0.2, -0.15) is 0 Å². The molecule has 152 valence electrons. The third-order valence-corrected chi connectivity index (χ3v) is 6.25. The minimum absolute atomic E-state index is 0.106. The molecule has 1 aromatic heterocycles. The van der Waals surface area contributed by atoms with Crippen molar-refractivity contribution in [3.63, 3.8) is 0 Å². The molecule has 0 fully saturated rings. The quantitative estimate of drug-likeness (QED) is 0.408. The van der Waals surface area contributed by atoms with Crippen LogP contribution in [0.5, 0.6) is 5.75 Å². The molecule has 29 heavy (non-hydrogen) atoms. The molecule has 0 atom stereocenters. The number of thiazole rings is 1. The highest BCUT2D eigenvalue weighted by Crippen LogP contribution is 2.29. The first kappa shape index (κ1) is 20.6. The first-order valence-corrected chi connectivity index (χ1v) is 10.6. The van der Waals surface area contributed by atoms with Crippen LogP contribution in [0.4, 0.5) is 10.8 Å². The number of carbonyl (C=O) groups excluding carboxylic acids is 1. The van der Waals surface area contributed by atoms with Crippen molar-refractivity contribution in [3.05, 3.63) is 52.6 Å². The number of rotatable bonds is 8. The summed E-state index contributed by atoms with van der Waals surface area (Å²) in [4.78, 5) is 26.3.